The van der Waals surface area contributed by atoms with Crippen LogP contribution in [-0.2, 0) is 0 Å². The van der Waals surface area contributed by atoms with Gasteiger partial charge in [0.25, 0.3) is 0 Å². The van der Waals surface area contributed by atoms with Crippen molar-refractivity contribution in [2.24, 2.45) is 5.16 Å². The molecule has 0 aromatic rings. The predicted octanol–water partition coefficient (Wildman–Crippen LogP) is 2.56. The maximum atomic E-state index is 8.28. The molecular weight excluding hydrogens is 166 g/mol. The number of hydrogen-bond acceptors (Lipinski definition) is 3. The van der Waals surface area contributed by atoms with Crippen molar-refractivity contribution in [2.45, 2.75) is 51.9 Å². The number of aliphatic hydroxyl groups excluding tert-OH is 1. The second-order valence-electron chi connectivity index (χ2n) is 3.30. The molecule has 0 unspecified atom stereocenters. The summed E-state index contributed by atoms with van der Waals surface area (Å²) in [6.45, 7) is 2.40. The van der Waals surface area contributed by atoms with Gasteiger partial charge in [-0.1, -0.05) is 24.9 Å². The van der Waals surface area contributed by atoms with E-state index in [4.69, 9.17) is 10.3 Å². The zero-order valence-corrected chi connectivity index (χ0v) is 8.50. The van der Waals surface area contributed by atoms with E-state index in [9.17, 15) is 0 Å². The van der Waals surface area contributed by atoms with E-state index in [-0.39, 0.29) is 0 Å². The molecule has 0 spiro atoms. The second kappa shape index (κ2) is 9.52. The molecule has 1 rings (SSSR count). The molecule has 1 fully saturated rings. The summed E-state index contributed by atoms with van der Waals surface area (Å²) >= 11 is 0. The Morgan fingerprint density at radius 2 is 1.85 bits per heavy atom. The summed E-state index contributed by atoms with van der Waals surface area (Å²) in [6, 6.07) is 0. The molecule has 0 radical (unpaired) electrons. The molecule has 0 amide bonds. The van der Waals surface area contributed by atoms with Crippen molar-refractivity contribution >= 4 is 5.71 Å². The van der Waals surface area contributed by atoms with Crippen LogP contribution in [-0.4, -0.2) is 22.6 Å². The van der Waals surface area contributed by atoms with Gasteiger partial charge in [-0.3, -0.25) is 0 Å². The second-order valence-corrected chi connectivity index (χ2v) is 3.30. The standard InChI is InChI=1S/C6H11NO.C4H10O/c8-7-6-4-2-1-3-5-6;1-2-3-4-5/h8H,1-5H2;5H,2-4H2,1H3. The maximum Gasteiger partial charge on any atom is 0.0570 e. The van der Waals surface area contributed by atoms with Gasteiger partial charge in [0.15, 0.2) is 0 Å². The van der Waals surface area contributed by atoms with Crippen molar-refractivity contribution in [3.05, 3.63) is 0 Å². The highest BCUT2D eigenvalue weighted by Gasteiger charge is 2.05. The lowest BCUT2D eigenvalue weighted by Crippen LogP contribution is -2.03. The Balaban J connectivity index is 0.000000252. The highest BCUT2D eigenvalue weighted by molar-refractivity contribution is 5.84. The van der Waals surface area contributed by atoms with E-state index in [1.54, 1.807) is 0 Å². The smallest absolute Gasteiger partial charge is 0.0570 e. The van der Waals surface area contributed by atoms with Gasteiger partial charge in [-0.05, 0) is 32.1 Å². The van der Waals surface area contributed by atoms with Gasteiger partial charge in [-0.25, -0.2) is 0 Å². The van der Waals surface area contributed by atoms with E-state index in [1.165, 1.54) is 19.3 Å². The quantitative estimate of drug-likeness (QED) is 0.515. The van der Waals surface area contributed by atoms with E-state index in [0.717, 1.165) is 31.4 Å². The lowest BCUT2D eigenvalue weighted by atomic mass is 9.99. The number of hydrogen-bond donors (Lipinski definition) is 2. The van der Waals surface area contributed by atoms with Crippen LogP contribution in [0.15, 0.2) is 5.16 Å². The molecule has 0 bridgehead atoms. The van der Waals surface area contributed by atoms with E-state index >= 15 is 0 Å². The number of aliphatic hydroxyl groups is 1. The van der Waals surface area contributed by atoms with E-state index in [0.29, 0.717) is 6.61 Å². The Labute approximate surface area is 80.5 Å². The number of unbranched alkanes of at least 4 members (excludes halogenated alkanes) is 1. The zero-order chi connectivity index (χ0) is 9.94. The SMILES string of the molecule is CCCCO.ON=C1CCCCC1. The van der Waals surface area contributed by atoms with Crippen LogP contribution in [0, 0.1) is 0 Å². The Morgan fingerprint density at radius 1 is 1.23 bits per heavy atom. The third kappa shape index (κ3) is 7.78. The van der Waals surface area contributed by atoms with Crippen molar-refractivity contribution in [1.82, 2.24) is 0 Å². The first-order valence-corrected chi connectivity index (χ1v) is 5.15. The first-order chi connectivity index (χ1) is 6.35. The predicted molar refractivity (Wildman–Crippen MR) is 54.3 cm³/mol. The average molecular weight is 187 g/mol. The summed E-state index contributed by atoms with van der Waals surface area (Å²) in [5, 5.41) is 19.5. The van der Waals surface area contributed by atoms with Crippen LogP contribution < -0.4 is 0 Å². The molecule has 0 saturated heterocycles. The fraction of sp³-hybridized carbons (Fsp3) is 0.900. The van der Waals surface area contributed by atoms with Gasteiger partial charge < -0.3 is 10.3 Å². The molecule has 1 aliphatic carbocycles. The van der Waals surface area contributed by atoms with E-state index < -0.39 is 0 Å². The first kappa shape index (κ1) is 12.4. The van der Waals surface area contributed by atoms with Crippen LogP contribution in [0.5, 0.6) is 0 Å². The lowest BCUT2D eigenvalue weighted by molar-refractivity contribution is 0.287. The molecule has 0 aromatic carbocycles. The van der Waals surface area contributed by atoms with Crippen LogP contribution in [0.1, 0.15) is 51.9 Å². The lowest BCUT2D eigenvalue weighted by Gasteiger charge is -2.08. The van der Waals surface area contributed by atoms with Crippen molar-refractivity contribution in [3.63, 3.8) is 0 Å². The van der Waals surface area contributed by atoms with Crippen LogP contribution in [0.25, 0.3) is 0 Å². The summed E-state index contributed by atoms with van der Waals surface area (Å²) in [4.78, 5) is 0. The van der Waals surface area contributed by atoms with Crippen molar-refractivity contribution in [2.75, 3.05) is 6.61 Å². The van der Waals surface area contributed by atoms with Gasteiger partial charge in [0.05, 0.1) is 5.71 Å². The number of rotatable bonds is 2. The minimum Gasteiger partial charge on any atom is -0.411 e. The molecule has 0 atom stereocenters. The normalized spacial score (nSPS) is 16.0. The van der Waals surface area contributed by atoms with Crippen molar-refractivity contribution in [3.8, 4) is 0 Å². The topological polar surface area (TPSA) is 52.8 Å². The first-order valence-electron chi connectivity index (χ1n) is 5.15. The maximum absolute atomic E-state index is 8.28. The minimum absolute atomic E-state index is 0.344. The Hall–Kier alpha value is -0.570. The molecular formula is C10H21NO2. The third-order valence-electron chi connectivity index (χ3n) is 2.08. The van der Waals surface area contributed by atoms with Crippen LogP contribution in [0.2, 0.25) is 0 Å². The molecule has 3 nitrogen and oxygen atoms in total. The fourth-order valence-electron chi connectivity index (χ4n) is 1.22. The van der Waals surface area contributed by atoms with Gasteiger partial charge >= 0.3 is 0 Å². The Morgan fingerprint density at radius 3 is 2.08 bits per heavy atom. The third-order valence-corrected chi connectivity index (χ3v) is 2.08. The highest BCUT2D eigenvalue weighted by Crippen LogP contribution is 2.13. The van der Waals surface area contributed by atoms with E-state index in [2.05, 4.69) is 12.1 Å². The summed E-state index contributed by atoms with van der Waals surface area (Å²) in [5.41, 5.74) is 0.983. The summed E-state index contributed by atoms with van der Waals surface area (Å²) in [5.74, 6) is 0. The van der Waals surface area contributed by atoms with Gasteiger partial charge in [0.1, 0.15) is 0 Å². The molecule has 0 aliphatic heterocycles. The largest absolute Gasteiger partial charge is 0.411 e. The van der Waals surface area contributed by atoms with Gasteiger partial charge in [-0.15, -0.1) is 0 Å². The van der Waals surface area contributed by atoms with E-state index in [1.807, 2.05) is 0 Å². The van der Waals surface area contributed by atoms with Crippen molar-refractivity contribution in [1.29, 1.82) is 0 Å². The Kier molecular flexibility index (Phi) is 9.10. The summed E-state index contributed by atoms with van der Waals surface area (Å²) < 4.78 is 0. The Bertz CT molecular complexity index is 125. The number of nitrogens with zero attached hydrogens (tertiary/aromatic N) is 1. The molecule has 1 aliphatic rings. The van der Waals surface area contributed by atoms with Crippen LogP contribution >= 0.6 is 0 Å². The molecule has 2 N–H and O–H groups in total. The van der Waals surface area contributed by atoms with Crippen LogP contribution in [0.3, 0.4) is 0 Å². The summed E-state index contributed by atoms with van der Waals surface area (Å²) in [7, 11) is 0. The van der Waals surface area contributed by atoms with Gasteiger partial charge in [0.2, 0.25) is 0 Å². The molecule has 1 saturated carbocycles. The minimum atomic E-state index is 0.344. The molecule has 78 valence electrons. The van der Waals surface area contributed by atoms with Crippen molar-refractivity contribution < 1.29 is 10.3 Å². The molecule has 13 heavy (non-hydrogen) atoms. The highest BCUT2D eigenvalue weighted by atomic mass is 16.4. The molecule has 3 heteroatoms. The zero-order valence-electron chi connectivity index (χ0n) is 8.50. The number of oxime groups is 1. The van der Waals surface area contributed by atoms with Crippen LogP contribution in [0.4, 0.5) is 0 Å². The average Bonchev–Trinajstić information content (AvgIpc) is 2.21. The van der Waals surface area contributed by atoms with Gasteiger partial charge in [0, 0.05) is 6.61 Å². The summed E-state index contributed by atoms with van der Waals surface area (Å²) in [6.07, 6.45) is 7.78. The molecule has 0 aromatic heterocycles. The monoisotopic (exact) mass is 187 g/mol. The fourth-order valence-corrected chi connectivity index (χ4v) is 1.22. The van der Waals surface area contributed by atoms with Gasteiger partial charge in [-0.2, -0.15) is 0 Å². The molecule has 0 heterocycles.